The number of carboxylic acid groups (broad SMARTS) is 1. The van der Waals surface area contributed by atoms with Crippen molar-refractivity contribution in [2.75, 3.05) is 34.4 Å². The highest BCUT2D eigenvalue weighted by molar-refractivity contribution is 6.06. The predicted molar refractivity (Wildman–Crippen MR) is 132 cm³/mol. The highest BCUT2D eigenvalue weighted by atomic mass is 19.1. The minimum atomic E-state index is -1.10. The van der Waals surface area contributed by atoms with Crippen LogP contribution in [0.1, 0.15) is 53.4 Å². The molecule has 36 heavy (non-hydrogen) atoms. The summed E-state index contributed by atoms with van der Waals surface area (Å²) in [5.74, 6) is -1.60. The Hall–Kier alpha value is -3.66. The Labute approximate surface area is 209 Å². The molecule has 0 aromatic heterocycles. The molecular formula is C26H32FN3O6. The van der Waals surface area contributed by atoms with Gasteiger partial charge in [0.15, 0.2) is 29.7 Å². The van der Waals surface area contributed by atoms with Gasteiger partial charge in [0, 0.05) is 29.8 Å². The number of aliphatic carboxylic acids is 1. The third-order valence-electron chi connectivity index (χ3n) is 5.94. The van der Waals surface area contributed by atoms with E-state index in [2.05, 4.69) is 5.32 Å². The second kappa shape index (κ2) is 10.5. The topological polar surface area (TPSA) is 121 Å². The minimum Gasteiger partial charge on any atom is -0.493 e. The monoisotopic (exact) mass is 501 g/mol. The van der Waals surface area contributed by atoms with Crippen LogP contribution in [0.4, 0.5) is 4.39 Å². The maximum absolute atomic E-state index is 15.1. The summed E-state index contributed by atoms with van der Waals surface area (Å²) >= 11 is 0. The average Bonchev–Trinajstić information content (AvgIpc) is 3.11. The molecule has 0 amide bonds. The number of carbonyl (C=O) groups excluding carboxylic acids is 1. The third kappa shape index (κ3) is 5.28. The van der Waals surface area contributed by atoms with Crippen molar-refractivity contribution < 1.29 is 33.3 Å². The summed E-state index contributed by atoms with van der Waals surface area (Å²) in [7, 11) is 4.48. The fraction of sp³-hybridized carbons (Fsp3) is 0.423. The standard InChI is InChI=1S/C26H32FN3O6/c1-26(2,3)17-8-14(7-15(10-29-4)23(17)36-13-20(32)33)18(31)12-30-11-16-9-19(34-5)24(35-6)22(27)21(16)25(30)28/h7-9,28-29H,10-13H2,1-6H3,(H,32,33). The van der Waals surface area contributed by atoms with Crippen LogP contribution in [-0.4, -0.2) is 62.0 Å². The normalized spacial score (nSPS) is 13.0. The molecular weight excluding hydrogens is 469 g/mol. The first-order chi connectivity index (χ1) is 16.9. The fourth-order valence-corrected chi connectivity index (χ4v) is 4.26. The van der Waals surface area contributed by atoms with Gasteiger partial charge in [0.1, 0.15) is 11.6 Å². The van der Waals surface area contributed by atoms with Gasteiger partial charge in [0.05, 0.1) is 26.3 Å². The Balaban J connectivity index is 1.96. The first-order valence-electron chi connectivity index (χ1n) is 11.4. The van der Waals surface area contributed by atoms with Gasteiger partial charge in [0.25, 0.3) is 0 Å². The number of benzene rings is 2. The Morgan fingerprint density at radius 3 is 2.42 bits per heavy atom. The number of fused-ring (bicyclic) bond motifs is 1. The first kappa shape index (κ1) is 26.9. The van der Waals surface area contributed by atoms with Crippen molar-refractivity contribution in [2.24, 2.45) is 0 Å². The van der Waals surface area contributed by atoms with Gasteiger partial charge < -0.3 is 29.5 Å². The van der Waals surface area contributed by atoms with E-state index in [-0.39, 0.29) is 41.8 Å². The number of ketones is 1. The zero-order valence-corrected chi connectivity index (χ0v) is 21.4. The highest BCUT2D eigenvalue weighted by Crippen LogP contribution is 2.39. The van der Waals surface area contributed by atoms with Crippen molar-refractivity contribution in [1.29, 1.82) is 5.41 Å². The second-order valence-corrected chi connectivity index (χ2v) is 9.56. The van der Waals surface area contributed by atoms with Gasteiger partial charge in [-0.3, -0.25) is 10.2 Å². The zero-order valence-electron chi connectivity index (χ0n) is 21.4. The van der Waals surface area contributed by atoms with Crippen LogP contribution in [0.3, 0.4) is 0 Å². The lowest BCUT2D eigenvalue weighted by Gasteiger charge is -2.26. The lowest BCUT2D eigenvalue weighted by Crippen LogP contribution is -2.31. The van der Waals surface area contributed by atoms with E-state index >= 15 is 4.39 Å². The van der Waals surface area contributed by atoms with Crippen LogP contribution in [0.2, 0.25) is 0 Å². The molecule has 3 N–H and O–H groups in total. The van der Waals surface area contributed by atoms with E-state index in [9.17, 15) is 9.59 Å². The molecule has 0 fully saturated rings. The number of hydrogen-bond donors (Lipinski definition) is 3. The van der Waals surface area contributed by atoms with Gasteiger partial charge in [-0.1, -0.05) is 20.8 Å². The van der Waals surface area contributed by atoms with Crippen LogP contribution in [-0.2, 0) is 23.3 Å². The van der Waals surface area contributed by atoms with Crippen molar-refractivity contribution in [3.8, 4) is 17.2 Å². The summed E-state index contributed by atoms with van der Waals surface area (Å²) in [6.45, 7) is 5.73. The van der Waals surface area contributed by atoms with Crippen molar-refractivity contribution in [1.82, 2.24) is 10.2 Å². The van der Waals surface area contributed by atoms with Crippen LogP contribution < -0.4 is 19.5 Å². The van der Waals surface area contributed by atoms with E-state index in [1.54, 1.807) is 25.2 Å². The van der Waals surface area contributed by atoms with Gasteiger partial charge in [-0.15, -0.1) is 0 Å². The fourth-order valence-electron chi connectivity index (χ4n) is 4.26. The Morgan fingerprint density at radius 1 is 1.17 bits per heavy atom. The lowest BCUT2D eigenvalue weighted by molar-refractivity contribution is -0.139. The summed E-state index contributed by atoms with van der Waals surface area (Å²) in [6, 6.07) is 5.00. The molecule has 0 saturated heterocycles. The molecule has 0 bridgehead atoms. The maximum Gasteiger partial charge on any atom is 0.341 e. The van der Waals surface area contributed by atoms with Crippen molar-refractivity contribution >= 4 is 17.6 Å². The van der Waals surface area contributed by atoms with Crippen molar-refractivity contribution in [3.05, 3.63) is 51.8 Å². The van der Waals surface area contributed by atoms with Crippen LogP contribution in [0.15, 0.2) is 18.2 Å². The molecule has 0 atom stereocenters. The number of carbonyl (C=O) groups is 2. The molecule has 1 aliphatic heterocycles. The smallest absolute Gasteiger partial charge is 0.341 e. The zero-order chi connectivity index (χ0) is 26.8. The number of amidine groups is 1. The number of rotatable bonds is 10. The molecule has 194 valence electrons. The summed E-state index contributed by atoms with van der Waals surface area (Å²) in [5, 5.41) is 20.7. The Kier molecular flexibility index (Phi) is 7.88. The average molecular weight is 502 g/mol. The third-order valence-corrected chi connectivity index (χ3v) is 5.94. The van der Waals surface area contributed by atoms with Crippen molar-refractivity contribution in [2.45, 2.75) is 39.3 Å². The Morgan fingerprint density at radius 2 is 1.86 bits per heavy atom. The van der Waals surface area contributed by atoms with Gasteiger partial charge >= 0.3 is 5.97 Å². The van der Waals surface area contributed by atoms with Crippen molar-refractivity contribution in [3.63, 3.8) is 0 Å². The molecule has 0 saturated carbocycles. The summed E-state index contributed by atoms with van der Waals surface area (Å²) in [6.07, 6.45) is 0. The summed E-state index contributed by atoms with van der Waals surface area (Å²) < 4.78 is 31.0. The molecule has 2 aromatic rings. The number of hydrogen-bond acceptors (Lipinski definition) is 7. The van der Waals surface area contributed by atoms with Crippen LogP contribution >= 0.6 is 0 Å². The molecule has 1 heterocycles. The molecule has 2 aromatic carbocycles. The van der Waals surface area contributed by atoms with Crippen LogP contribution in [0.5, 0.6) is 17.2 Å². The van der Waals surface area contributed by atoms with E-state index in [1.165, 1.54) is 19.1 Å². The number of Topliss-reactive ketones (excluding diaryl/α,β-unsaturated/α-hetero) is 1. The molecule has 10 heteroatoms. The molecule has 1 aliphatic rings. The lowest BCUT2D eigenvalue weighted by atomic mass is 9.83. The minimum absolute atomic E-state index is 0.0855. The Bertz CT molecular complexity index is 1210. The predicted octanol–water partition coefficient (Wildman–Crippen LogP) is 3.35. The number of ether oxygens (including phenoxy) is 3. The van der Waals surface area contributed by atoms with E-state index in [4.69, 9.17) is 24.7 Å². The number of nitrogens with one attached hydrogen (secondary N) is 2. The number of halogens is 1. The quantitative estimate of drug-likeness (QED) is 0.424. The van der Waals surface area contributed by atoms with Gasteiger partial charge in [-0.05, 0) is 36.2 Å². The first-order valence-corrected chi connectivity index (χ1v) is 11.4. The number of methoxy groups -OCH3 is 2. The van der Waals surface area contributed by atoms with Gasteiger partial charge in [0.2, 0.25) is 0 Å². The maximum atomic E-state index is 15.1. The van der Waals surface area contributed by atoms with Gasteiger partial charge in [-0.2, -0.15) is 0 Å². The van der Waals surface area contributed by atoms with Gasteiger partial charge in [-0.25, -0.2) is 9.18 Å². The van der Waals surface area contributed by atoms with E-state index in [0.29, 0.717) is 34.5 Å². The molecule has 0 radical (unpaired) electrons. The SMILES string of the molecule is CNCc1cc(C(=O)CN2Cc3cc(OC)c(OC)c(F)c3C2=N)cc(C(C)(C)C)c1OCC(=O)O. The van der Waals surface area contributed by atoms with E-state index < -0.39 is 23.8 Å². The molecule has 0 aliphatic carbocycles. The number of nitrogens with zero attached hydrogens (tertiary/aromatic N) is 1. The van der Waals surface area contributed by atoms with Crippen LogP contribution in [0, 0.1) is 11.2 Å². The van der Waals surface area contributed by atoms with E-state index in [1.807, 2.05) is 20.8 Å². The molecule has 0 spiro atoms. The summed E-state index contributed by atoms with van der Waals surface area (Å²) in [4.78, 5) is 26.0. The second-order valence-electron chi connectivity index (χ2n) is 9.56. The molecule has 3 rings (SSSR count). The van der Waals surface area contributed by atoms with E-state index in [0.717, 1.165) is 0 Å². The highest BCUT2D eigenvalue weighted by Gasteiger charge is 2.33. The number of carboxylic acids is 1. The van der Waals surface area contributed by atoms with Crippen LogP contribution in [0.25, 0.3) is 0 Å². The molecule has 9 nitrogen and oxygen atoms in total. The summed E-state index contributed by atoms with van der Waals surface area (Å²) in [5.41, 5.74) is 1.91. The molecule has 0 unspecified atom stereocenters. The largest absolute Gasteiger partial charge is 0.493 e.